The van der Waals surface area contributed by atoms with Crippen molar-refractivity contribution >= 4 is 5.69 Å². The van der Waals surface area contributed by atoms with Gasteiger partial charge in [0, 0.05) is 17.7 Å². The van der Waals surface area contributed by atoms with Gasteiger partial charge >= 0.3 is 0 Å². The predicted octanol–water partition coefficient (Wildman–Crippen LogP) is 3.15. The molecule has 0 bridgehead atoms. The van der Waals surface area contributed by atoms with Crippen LogP contribution < -0.4 is 5.73 Å². The van der Waals surface area contributed by atoms with E-state index in [9.17, 15) is 14.5 Å². The second kappa shape index (κ2) is 6.45. The molecule has 0 spiro atoms. The number of benzene rings is 2. The Hall–Kier alpha value is -2.27. The molecule has 0 aliphatic rings. The Bertz CT molecular complexity index is 658. The number of hydrogen-bond donors (Lipinski definition) is 1. The molecule has 1 unspecified atom stereocenters. The molecule has 1 atom stereocenters. The highest BCUT2D eigenvalue weighted by molar-refractivity contribution is 5.41. The van der Waals surface area contributed by atoms with Crippen molar-refractivity contribution in [2.24, 2.45) is 5.73 Å². The average Bonchev–Trinajstić information content (AvgIpc) is 2.41. The molecule has 0 radical (unpaired) electrons. The summed E-state index contributed by atoms with van der Waals surface area (Å²) in [6.45, 7) is 1.99. The minimum Gasteiger partial charge on any atom is -0.327 e. The number of hydrogen-bond acceptors (Lipinski definition) is 3. The molecule has 0 saturated carbocycles. The Labute approximate surface area is 122 Å². The topological polar surface area (TPSA) is 69.2 Å². The molecular weight excluding hydrogens is 271 g/mol. The van der Waals surface area contributed by atoms with Crippen molar-refractivity contribution < 1.29 is 9.31 Å². The summed E-state index contributed by atoms with van der Waals surface area (Å²) < 4.78 is 13.3. The molecule has 0 amide bonds. The highest BCUT2D eigenvalue weighted by Crippen LogP contribution is 2.22. The summed E-state index contributed by atoms with van der Waals surface area (Å²) in [7, 11) is 0. The highest BCUT2D eigenvalue weighted by atomic mass is 19.1. The van der Waals surface area contributed by atoms with E-state index in [-0.39, 0.29) is 18.2 Å². The third kappa shape index (κ3) is 3.86. The second-order valence-electron chi connectivity index (χ2n) is 5.12. The van der Waals surface area contributed by atoms with Gasteiger partial charge in [0.05, 0.1) is 4.92 Å². The largest absolute Gasteiger partial charge is 0.327 e. The van der Waals surface area contributed by atoms with Gasteiger partial charge in [0.2, 0.25) is 0 Å². The van der Waals surface area contributed by atoms with Gasteiger partial charge in [0.1, 0.15) is 5.82 Å². The molecule has 0 aromatic heterocycles. The first kappa shape index (κ1) is 15.1. The zero-order valence-corrected chi connectivity index (χ0v) is 11.8. The van der Waals surface area contributed by atoms with E-state index in [1.165, 1.54) is 12.1 Å². The van der Waals surface area contributed by atoms with Crippen LogP contribution in [-0.2, 0) is 12.8 Å². The predicted molar refractivity (Wildman–Crippen MR) is 79.6 cm³/mol. The van der Waals surface area contributed by atoms with Gasteiger partial charge in [-0.1, -0.05) is 24.3 Å². The quantitative estimate of drug-likeness (QED) is 0.678. The van der Waals surface area contributed by atoms with Crippen LogP contribution in [0, 0.1) is 22.9 Å². The summed E-state index contributed by atoms with van der Waals surface area (Å²) in [5, 5.41) is 11.0. The molecule has 21 heavy (non-hydrogen) atoms. The van der Waals surface area contributed by atoms with Crippen LogP contribution in [-0.4, -0.2) is 11.0 Å². The Balaban J connectivity index is 2.16. The SMILES string of the molecule is Cc1ccccc1CC(N)Cc1cc(F)ccc1[N+](=O)[O-]. The lowest BCUT2D eigenvalue weighted by atomic mass is 9.96. The van der Waals surface area contributed by atoms with Crippen LogP contribution >= 0.6 is 0 Å². The van der Waals surface area contributed by atoms with E-state index < -0.39 is 10.7 Å². The van der Waals surface area contributed by atoms with E-state index >= 15 is 0 Å². The van der Waals surface area contributed by atoms with Gasteiger partial charge in [0.15, 0.2) is 0 Å². The minimum atomic E-state index is -0.505. The second-order valence-corrected chi connectivity index (χ2v) is 5.12. The van der Waals surface area contributed by atoms with E-state index in [1.807, 2.05) is 31.2 Å². The summed E-state index contributed by atoms with van der Waals surface area (Å²) in [4.78, 5) is 10.5. The lowest BCUT2D eigenvalue weighted by Gasteiger charge is -2.13. The summed E-state index contributed by atoms with van der Waals surface area (Å²) in [6.07, 6.45) is 0.864. The van der Waals surface area contributed by atoms with Gasteiger partial charge in [0.25, 0.3) is 5.69 Å². The number of nitro groups is 1. The summed E-state index contributed by atoms with van der Waals surface area (Å²) in [6, 6.07) is 11.0. The fourth-order valence-corrected chi connectivity index (χ4v) is 2.37. The van der Waals surface area contributed by atoms with Gasteiger partial charge in [-0.3, -0.25) is 10.1 Å². The Morgan fingerprint density at radius 1 is 1.19 bits per heavy atom. The number of nitrogens with two attached hydrogens (primary N) is 1. The van der Waals surface area contributed by atoms with Crippen molar-refractivity contribution in [3.05, 3.63) is 75.1 Å². The van der Waals surface area contributed by atoms with Crippen molar-refractivity contribution in [2.45, 2.75) is 25.8 Å². The van der Waals surface area contributed by atoms with Crippen LogP contribution in [0.5, 0.6) is 0 Å². The fourth-order valence-electron chi connectivity index (χ4n) is 2.37. The Kier molecular flexibility index (Phi) is 4.65. The number of halogens is 1. The fraction of sp³-hybridized carbons (Fsp3) is 0.250. The zero-order valence-electron chi connectivity index (χ0n) is 11.8. The number of aryl methyl sites for hydroxylation is 1. The van der Waals surface area contributed by atoms with Crippen LogP contribution in [0.4, 0.5) is 10.1 Å². The van der Waals surface area contributed by atoms with Gasteiger partial charge in [-0.2, -0.15) is 0 Å². The van der Waals surface area contributed by atoms with Crippen molar-refractivity contribution in [3.8, 4) is 0 Å². The van der Waals surface area contributed by atoms with Crippen LogP contribution in [0.2, 0.25) is 0 Å². The maximum Gasteiger partial charge on any atom is 0.272 e. The summed E-state index contributed by atoms with van der Waals surface area (Å²) in [5.74, 6) is -0.487. The smallest absolute Gasteiger partial charge is 0.272 e. The van der Waals surface area contributed by atoms with Gasteiger partial charge in [-0.25, -0.2) is 4.39 Å². The number of rotatable bonds is 5. The third-order valence-corrected chi connectivity index (χ3v) is 3.46. The molecule has 4 nitrogen and oxygen atoms in total. The monoisotopic (exact) mass is 288 g/mol. The van der Waals surface area contributed by atoms with E-state index in [4.69, 9.17) is 5.73 Å². The van der Waals surface area contributed by atoms with Gasteiger partial charge in [-0.05, 0) is 43.0 Å². The van der Waals surface area contributed by atoms with E-state index in [0.29, 0.717) is 12.0 Å². The molecule has 2 aromatic carbocycles. The Morgan fingerprint density at radius 2 is 1.86 bits per heavy atom. The molecule has 2 N–H and O–H groups in total. The number of nitro benzene ring substituents is 1. The third-order valence-electron chi connectivity index (χ3n) is 3.46. The van der Waals surface area contributed by atoms with Gasteiger partial charge < -0.3 is 5.73 Å². The standard InChI is InChI=1S/C16H17FN2O2/c1-11-4-2-3-5-12(11)9-15(18)10-13-8-14(17)6-7-16(13)19(20)21/h2-8,15H,9-10,18H2,1H3. The molecule has 2 rings (SSSR count). The summed E-state index contributed by atoms with van der Waals surface area (Å²) >= 11 is 0. The molecule has 0 aliphatic heterocycles. The molecule has 5 heteroatoms. The van der Waals surface area contributed by atoms with Crippen molar-refractivity contribution in [2.75, 3.05) is 0 Å². The molecule has 0 fully saturated rings. The van der Waals surface area contributed by atoms with E-state index in [2.05, 4.69) is 0 Å². The van der Waals surface area contributed by atoms with Crippen LogP contribution in [0.1, 0.15) is 16.7 Å². The van der Waals surface area contributed by atoms with Crippen LogP contribution in [0.3, 0.4) is 0 Å². The van der Waals surface area contributed by atoms with Crippen molar-refractivity contribution in [1.82, 2.24) is 0 Å². The lowest BCUT2D eigenvalue weighted by molar-refractivity contribution is -0.385. The van der Waals surface area contributed by atoms with E-state index in [0.717, 1.165) is 17.2 Å². The van der Waals surface area contributed by atoms with Crippen molar-refractivity contribution in [3.63, 3.8) is 0 Å². The molecule has 110 valence electrons. The van der Waals surface area contributed by atoms with Gasteiger partial charge in [-0.15, -0.1) is 0 Å². The zero-order chi connectivity index (χ0) is 15.4. The minimum absolute atomic E-state index is 0.0865. The van der Waals surface area contributed by atoms with E-state index in [1.54, 1.807) is 0 Å². The first-order chi connectivity index (χ1) is 9.97. The summed E-state index contributed by atoms with van der Waals surface area (Å²) in [5.41, 5.74) is 8.56. The maximum absolute atomic E-state index is 13.3. The molecule has 0 saturated heterocycles. The first-order valence-electron chi connectivity index (χ1n) is 6.70. The molecular formula is C16H17FN2O2. The highest BCUT2D eigenvalue weighted by Gasteiger charge is 2.17. The normalized spacial score (nSPS) is 12.1. The molecule has 0 aliphatic carbocycles. The average molecular weight is 288 g/mol. The van der Waals surface area contributed by atoms with Crippen LogP contribution in [0.25, 0.3) is 0 Å². The Morgan fingerprint density at radius 3 is 2.52 bits per heavy atom. The van der Waals surface area contributed by atoms with Crippen molar-refractivity contribution in [1.29, 1.82) is 0 Å². The molecule has 2 aromatic rings. The number of nitrogens with zero attached hydrogens (tertiary/aromatic N) is 1. The molecule has 0 heterocycles. The first-order valence-corrected chi connectivity index (χ1v) is 6.70. The maximum atomic E-state index is 13.3. The van der Waals surface area contributed by atoms with Crippen LogP contribution in [0.15, 0.2) is 42.5 Å². The lowest BCUT2D eigenvalue weighted by Crippen LogP contribution is -2.26.